The summed E-state index contributed by atoms with van der Waals surface area (Å²) in [7, 11) is 0. The van der Waals surface area contributed by atoms with Crippen LogP contribution in [0.4, 0.5) is 0 Å². The van der Waals surface area contributed by atoms with Crippen LogP contribution >= 0.6 is 23.2 Å². The van der Waals surface area contributed by atoms with Crippen molar-refractivity contribution in [1.29, 1.82) is 5.26 Å². The van der Waals surface area contributed by atoms with Crippen molar-refractivity contribution in [2.45, 2.75) is 13.5 Å². The first kappa shape index (κ1) is 22.4. The van der Waals surface area contributed by atoms with Gasteiger partial charge in [0.25, 0.3) is 0 Å². The van der Waals surface area contributed by atoms with Gasteiger partial charge in [0.1, 0.15) is 29.0 Å². The van der Waals surface area contributed by atoms with Crippen molar-refractivity contribution in [3.63, 3.8) is 0 Å². The monoisotopic (exact) mass is 481 g/mol. The van der Waals surface area contributed by atoms with E-state index < -0.39 is 18.3 Å². The molecule has 2 aromatic carbocycles. The summed E-state index contributed by atoms with van der Waals surface area (Å²) in [5.74, 6) is -1.05. The number of hydrogen-bond donors (Lipinski definition) is 2. The molecular formula is C23H17Cl2N5O3. The Balaban J connectivity index is 1.53. The van der Waals surface area contributed by atoms with Gasteiger partial charge in [-0.25, -0.2) is 14.5 Å². The number of ether oxygens (including phenoxy) is 1. The molecule has 4 aromatic rings. The van der Waals surface area contributed by atoms with Gasteiger partial charge >= 0.3 is 5.97 Å². The Morgan fingerprint density at radius 2 is 1.94 bits per heavy atom. The van der Waals surface area contributed by atoms with Gasteiger partial charge in [0.15, 0.2) is 11.6 Å². The smallest absolute Gasteiger partial charge is 0.343 e. The second kappa shape index (κ2) is 9.36. The molecule has 0 saturated heterocycles. The lowest BCUT2D eigenvalue weighted by Crippen LogP contribution is -2.10. The van der Waals surface area contributed by atoms with E-state index in [0.717, 1.165) is 5.56 Å². The van der Waals surface area contributed by atoms with E-state index in [-0.39, 0.29) is 28.7 Å². The van der Waals surface area contributed by atoms with Gasteiger partial charge in [-0.15, -0.1) is 0 Å². The maximum absolute atomic E-state index is 12.7. The summed E-state index contributed by atoms with van der Waals surface area (Å²) >= 11 is 12.6. The molecule has 2 heterocycles. The number of para-hydroxylation sites is 2. The van der Waals surface area contributed by atoms with Crippen molar-refractivity contribution in [2.24, 2.45) is 0 Å². The van der Waals surface area contributed by atoms with Crippen LogP contribution in [0.5, 0.6) is 0 Å². The number of carbonyl (C=O) groups excluding carboxylic acids is 1. The van der Waals surface area contributed by atoms with Crippen LogP contribution in [0.25, 0.3) is 16.6 Å². The van der Waals surface area contributed by atoms with Gasteiger partial charge in [0.2, 0.25) is 0 Å². The third-order valence-corrected chi connectivity index (χ3v) is 5.67. The number of carbonyl (C=O) groups is 1. The van der Waals surface area contributed by atoms with E-state index in [1.165, 1.54) is 4.68 Å². The molecule has 0 fully saturated rings. The molecule has 0 atom stereocenters. The van der Waals surface area contributed by atoms with Gasteiger partial charge in [-0.2, -0.15) is 10.4 Å². The third kappa shape index (κ3) is 4.55. The summed E-state index contributed by atoms with van der Waals surface area (Å²) in [6, 6.07) is 16.3. The number of fused-ring (bicyclic) bond motifs is 1. The van der Waals surface area contributed by atoms with Gasteiger partial charge in [0, 0.05) is 5.02 Å². The van der Waals surface area contributed by atoms with Crippen LogP contribution in [-0.2, 0) is 11.3 Å². The number of esters is 1. The first-order valence-corrected chi connectivity index (χ1v) is 10.6. The van der Waals surface area contributed by atoms with Crippen molar-refractivity contribution in [1.82, 2.24) is 19.7 Å². The number of allylic oxidation sites excluding steroid dienone is 1. The summed E-state index contributed by atoms with van der Waals surface area (Å²) in [6.07, 6.45) is 0. The average Bonchev–Trinajstić information content (AvgIpc) is 3.34. The lowest BCUT2D eigenvalue weighted by atomic mass is 10.2. The van der Waals surface area contributed by atoms with E-state index in [4.69, 9.17) is 27.9 Å². The minimum Gasteiger partial charge on any atom is -0.507 e. The van der Waals surface area contributed by atoms with Crippen LogP contribution in [0.1, 0.15) is 27.4 Å². The summed E-state index contributed by atoms with van der Waals surface area (Å²) in [4.78, 5) is 19.9. The quantitative estimate of drug-likeness (QED) is 0.225. The Hall–Kier alpha value is -3.80. The van der Waals surface area contributed by atoms with Crippen LogP contribution in [0.15, 0.2) is 54.3 Å². The molecule has 0 aliphatic rings. The van der Waals surface area contributed by atoms with Gasteiger partial charge in [-0.3, -0.25) is 0 Å². The van der Waals surface area contributed by atoms with Crippen LogP contribution in [0.2, 0.25) is 10.2 Å². The minimum absolute atomic E-state index is 0.0683. The Morgan fingerprint density at radius 1 is 1.21 bits per heavy atom. The largest absolute Gasteiger partial charge is 0.507 e. The molecule has 0 bridgehead atoms. The molecule has 0 spiro atoms. The molecule has 2 aromatic heterocycles. The molecule has 10 heteroatoms. The summed E-state index contributed by atoms with van der Waals surface area (Å²) in [6.45, 7) is 1.35. The Morgan fingerprint density at radius 3 is 2.67 bits per heavy atom. The summed E-state index contributed by atoms with van der Waals surface area (Å²) < 4.78 is 6.66. The Kier molecular flexibility index (Phi) is 6.36. The van der Waals surface area contributed by atoms with Crippen LogP contribution < -0.4 is 0 Å². The Labute approximate surface area is 198 Å². The number of nitriles is 1. The minimum atomic E-state index is -0.781. The molecule has 166 valence electrons. The number of aromatic nitrogens is 4. The van der Waals surface area contributed by atoms with E-state index in [9.17, 15) is 15.2 Å². The molecule has 33 heavy (non-hydrogen) atoms. The molecular weight excluding hydrogens is 465 g/mol. The van der Waals surface area contributed by atoms with Crippen molar-refractivity contribution < 1.29 is 14.6 Å². The number of aliphatic hydroxyl groups is 1. The van der Waals surface area contributed by atoms with Gasteiger partial charge in [-0.1, -0.05) is 53.5 Å². The Bertz CT molecular complexity index is 1400. The molecule has 0 saturated carbocycles. The van der Waals surface area contributed by atoms with Crippen molar-refractivity contribution in [2.75, 3.05) is 6.61 Å². The molecule has 0 radical (unpaired) electrons. The topological polar surface area (TPSA) is 117 Å². The number of H-pyrrole nitrogens is 1. The maximum atomic E-state index is 12.7. The fourth-order valence-electron chi connectivity index (χ4n) is 3.28. The number of imidazole rings is 1. The highest BCUT2D eigenvalue weighted by atomic mass is 35.5. The molecule has 8 nitrogen and oxygen atoms in total. The number of hydrogen-bond acceptors (Lipinski definition) is 6. The van der Waals surface area contributed by atoms with E-state index in [2.05, 4.69) is 15.1 Å². The first-order valence-electron chi connectivity index (χ1n) is 9.79. The number of aryl methyl sites for hydroxylation is 1. The zero-order valence-electron chi connectivity index (χ0n) is 17.3. The first-order chi connectivity index (χ1) is 15.9. The van der Waals surface area contributed by atoms with Crippen molar-refractivity contribution in [3.05, 3.63) is 87.1 Å². The van der Waals surface area contributed by atoms with E-state index >= 15 is 0 Å². The predicted octanol–water partition coefficient (Wildman–Crippen LogP) is 5.07. The van der Waals surface area contributed by atoms with Crippen molar-refractivity contribution >= 4 is 45.8 Å². The number of nitrogens with zero attached hydrogens (tertiary/aromatic N) is 4. The number of aliphatic hydroxyl groups excluding tert-OH is 1. The second-order valence-corrected chi connectivity index (χ2v) is 7.88. The number of rotatable bonds is 6. The fraction of sp³-hybridized carbons (Fsp3) is 0.130. The normalized spacial score (nSPS) is 11.8. The molecule has 0 aliphatic carbocycles. The zero-order chi connectivity index (χ0) is 23.5. The average molecular weight is 482 g/mol. The number of halogens is 2. The highest BCUT2D eigenvalue weighted by molar-refractivity contribution is 6.33. The molecule has 0 aliphatic heterocycles. The highest BCUT2D eigenvalue weighted by Gasteiger charge is 2.23. The van der Waals surface area contributed by atoms with E-state index in [1.807, 2.05) is 36.4 Å². The maximum Gasteiger partial charge on any atom is 0.343 e. The summed E-state index contributed by atoms with van der Waals surface area (Å²) in [5.41, 5.74) is 2.43. The van der Waals surface area contributed by atoms with Crippen LogP contribution in [0, 0.1) is 18.3 Å². The second-order valence-electron chi connectivity index (χ2n) is 7.11. The lowest BCUT2D eigenvalue weighted by Gasteiger charge is -2.07. The number of benzene rings is 2. The standard InChI is InChI=1S/C23H17Cl2N5O3/c1-13-20(21(25)30(29-13)11-14-6-2-3-7-16(14)24)23(32)33-12-19(31)15(10-26)22-27-17-8-4-5-9-18(17)28-22/h2-9,31H,11-12H2,1H3,(H,27,28). The van der Waals surface area contributed by atoms with Crippen LogP contribution in [-0.4, -0.2) is 37.4 Å². The zero-order valence-corrected chi connectivity index (χ0v) is 18.9. The fourth-order valence-corrected chi connectivity index (χ4v) is 3.79. The SMILES string of the molecule is Cc1nn(Cc2ccccc2Cl)c(Cl)c1C(=O)OCC(O)=C(C#N)c1nc2ccccc2[nH]1. The molecule has 4 rings (SSSR count). The number of nitrogens with one attached hydrogen (secondary N) is 1. The number of aromatic amines is 1. The lowest BCUT2D eigenvalue weighted by molar-refractivity contribution is 0.0502. The van der Waals surface area contributed by atoms with Gasteiger partial charge in [0.05, 0.1) is 23.3 Å². The summed E-state index contributed by atoms with van der Waals surface area (Å²) in [5, 5.41) is 24.8. The van der Waals surface area contributed by atoms with Gasteiger partial charge < -0.3 is 14.8 Å². The van der Waals surface area contributed by atoms with E-state index in [0.29, 0.717) is 21.7 Å². The third-order valence-electron chi connectivity index (χ3n) is 4.91. The predicted molar refractivity (Wildman–Crippen MR) is 124 cm³/mol. The van der Waals surface area contributed by atoms with Crippen LogP contribution in [0.3, 0.4) is 0 Å². The van der Waals surface area contributed by atoms with E-state index in [1.54, 1.807) is 25.1 Å². The van der Waals surface area contributed by atoms with Gasteiger partial charge in [-0.05, 0) is 30.7 Å². The molecule has 0 unspecified atom stereocenters. The molecule has 2 N–H and O–H groups in total. The van der Waals surface area contributed by atoms with Crippen molar-refractivity contribution in [3.8, 4) is 6.07 Å². The molecule has 0 amide bonds. The highest BCUT2D eigenvalue weighted by Crippen LogP contribution is 2.25.